The first-order chi connectivity index (χ1) is 16.9. The fourth-order valence-electron chi connectivity index (χ4n) is 4.43. The van der Waals surface area contributed by atoms with Gasteiger partial charge >= 0.3 is 0 Å². The van der Waals surface area contributed by atoms with Crippen LogP contribution in [0.1, 0.15) is 35.9 Å². The lowest BCUT2D eigenvalue weighted by Gasteiger charge is -2.32. The first kappa shape index (κ1) is 23.6. The van der Waals surface area contributed by atoms with Crippen molar-refractivity contribution in [3.8, 4) is 17.0 Å². The first-order valence-corrected chi connectivity index (χ1v) is 12.2. The quantitative estimate of drug-likeness (QED) is 0.370. The molecule has 1 aliphatic heterocycles. The molecule has 0 bridgehead atoms. The van der Waals surface area contributed by atoms with Crippen molar-refractivity contribution in [1.82, 2.24) is 25.4 Å². The lowest BCUT2D eigenvalue weighted by Crippen LogP contribution is -2.51. The van der Waals surface area contributed by atoms with Crippen LogP contribution in [0.4, 0.5) is 0 Å². The van der Waals surface area contributed by atoms with Crippen LogP contribution in [-0.4, -0.2) is 51.7 Å². The molecule has 180 valence electrons. The lowest BCUT2D eigenvalue weighted by atomic mass is 10.0. The predicted molar refractivity (Wildman–Crippen MR) is 138 cm³/mol. The summed E-state index contributed by atoms with van der Waals surface area (Å²) in [7, 11) is 0. The van der Waals surface area contributed by atoms with Crippen LogP contribution < -0.4 is 10.1 Å². The summed E-state index contributed by atoms with van der Waals surface area (Å²) in [5, 5.41) is 12.8. The largest absolute Gasteiger partial charge is 0.486 e. The van der Waals surface area contributed by atoms with E-state index in [0.717, 1.165) is 28.7 Å². The standard InChI is InChI=1S/C26H25Cl2N5O2/c1-15-14-33(10-9-30-15)26(34)18-5-3-17(4-6-18)25-20-11-19(7-8-23(20)31-32-25)35-16(2)24-21(27)12-29-13-22(24)28/h3-8,11-13,15-16,30H,9-10,14H2,1-2H3,(H,31,32). The van der Waals surface area contributed by atoms with Crippen LogP contribution in [0.2, 0.25) is 10.0 Å². The molecule has 0 saturated carbocycles. The Morgan fingerprint density at radius 2 is 1.89 bits per heavy atom. The Morgan fingerprint density at radius 3 is 2.60 bits per heavy atom. The second-order valence-electron chi connectivity index (χ2n) is 8.74. The van der Waals surface area contributed by atoms with Gasteiger partial charge in [0.05, 0.1) is 15.6 Å². The van der Waals surface area contributed by atoms with Gasteiger partial charge in [0.2, 0.25) is 0 Å². The second kappa shape index (κ2) is 9.85. The first-order valence-electron chi connectivity index (χ1n) is 11.5. The van der Waals surface area contributed by atoms with Gasteiger partial charge in [-0.1, -0.05) is 35.3 Å². The van der Waals surface area contributed by atoms with E-state index in [1.165, 1.54) is 0 Å². The summed E-state index contributed by atoms with van der Waals surface area (Å²) in [6, 6.07) is 13.6. The Bertz CT molecular complexity index is 1350. The number of halogens is 2. The molecule has 2 aromatic heterocycles. The Balaban J connectivity index is 1.38. The maximum Gasteiger partial charge on any atom is 0.253 e. The van der Waals surface area contributed by atoms with E-state index in [1.807, 2.05) is 54.3 Å². The summed E-state index contributed by atoms with van der Waals surface area (Å²) >= 11 is 12.6. The molecule has 0 aliphatic carbocycles. The van der Waals surface area contributed by atoms with Crippen LogP contribution >= 0.6 is 23.2 Å². The zero-order valence-electron chi connectivity index (χ0n) is 19.4. The Kier molecular flexibility index (Phi) is 6.65. The van der Waals surface area contributed by atoms with Crippen LogP contribution in [0.3, 0.4) is 0 Å². The van der Waals surface area contributed by atoms with Crippen LogP contribution in [0.25, 0.3) is 22.2 Å². The fourth-order valence-corrected chi connectivity index (χ4v) is 5.10. The third-order valence-corrected chi connectivity index (χ3v) is 6.81. The van der Waals surface area contributed by atoms with Gasteiger partial charge in [0, 0.05) is 60.1 Å². The van der Waals surface area contributed by atoms with Crippen LogP contribution in [0.15, 0.2) is 54.9 Å². The van der Waals surface area contributed by atoms with Crippen LogP contribution in [-0.2, 0) is 0 Å². The maximum atomic E-state index is 12.9. The van der Waals surface area contributed by atoms with Crippen LogP contribution in [0.5, 0.6) is 5.75 Å². The van der Waals surface area contributed by atoms with E-state index >= 15 is 0 Å². The zero-order chi connectivity index (χ0) is 24.5. The van der Waals surface area contributed by atoms with Gasteiger partial charge in [-0.2, -0.15) is 5.10 Å². The molecule has 0 spiro atoms. The van der Waals surface area contributed by atoms with E-state index in [-0.39, 0.29) is 12.0 Å². The molecule has 4 aromatic rings. The number of piperazine rings is 1. The molecule has 1 amide bonds. The van der Waals surface area contributed by atoms with E-state index in [9.17, 15) is 4.79 Å². The Morgan fingerprint density at radius 1 is 1.14 bits per heavy atom. The number of hydrogen-bond acceptors (Lipinski definition) is 5. The number of hydrogen-bond donors (Lipinski definition) is 2. The second-order valence-corrected chi connectivity index (χ2v) is 9.55. The number of fused-ring (bicyclic) bond motifs is 1. The van der Waals surface area contributed by atoms with E-state index < -0.39 is 0 Å². The fraction of sp³-hybridized carbons (Fsp3) is 0.269. The summed E-state index contributed by atoms with van der Waals surface area (Å²) in [5.41, 5.74) is 3.94. The molecule has 1 aliphatic rings. The minimum absolute atomic E-state index is 0.0508. The van der Waals surface area contributed by atoms with Gasteiger partial charge in [-0.05, 0) is 44.2 Å². The number of H-pyrrole nitrogens is 1. The highest BCUT2D eigenvalue weighted by Crippen LogP contribution is 2.34. The normalized spacial score (nSPS) is 16.9. The van der Waals surface area contributed by atoms with Crippen molar-refractivity contribution < 1.29 is 9.53 Å². The Hall–Kier alpha value is -3.13. The lowest BCUT2D eigenvalue weighted by molar-refractivity contribution is 0.0709. The van der Waals surface area contributed by atoms with Crippen molar-refractivity contribution in [2.24, 2.45) is 0 Å². The van der Waals surface area contributed by atoms with Crippen molar-refractivity contribution >= 4 is 40.0 Å². The number of aromatic amines is 1. The van der Waals surface area contributed by atoms with Gasteiger partial charge in [-0.15, -0.1) is 0 Å². The molecule has 0 radical (unpaired) electrons. The summed E-state index contributed by atoms with van der Waals surface area (Å²) in [6.45, 7) is 6.22. The number of benzene rings is 2. The van der Waals surface area contributed by atoms with Gasteiger partial charge in [0.25, 0.3) is 5.91 Å². The van der Waals surface area contributed by atoms with Gasteiger partial charge < -0.3 is 15.0 Å². The van der Waals surface area contributed by atoms with Crippen molar-refractivity contribution in [3.63, 3.8) is 0 Å². The van der Waals surface area contributed by atoms with E-state index in [0.29, 0.717) is 46.1 Å². The number of rotatable bonds is 5. The molecule has 2 aromatic carbocycles. The number of nitrogens with zero attached hydrogens (tertiary/aromatic N) is 3. The number of amides is 1. The molecule has 9 heteroatoms. The predicted octanol–water partition coefficient (Wildman–Crippen LogP) is 5.51. The minimum atomic E-state index is -0.371. The molecule has 2 atom stereocenters. The smallest absolute Gasteiger partial charge is 0.253 e. The number of pyridine rings is 1. The van der Waals surface area contributed by atoms with Crippen molar-refractivity contribution in [3.05, 3.63) is 76.0 Å². The summed E-state index contributed by atoms with van der Waals surface area (Å²) in [4.78, 5) is 18.8. The molecular formula is C26H25Cl2N5O2. The summed E-state index contributed by atoms with van der Waals surface area (Å²) in [6.07, 6.45) is 2.73. The molecule has 1 fully saturated rings. The number of carbonyl (C=O) groups is 1. The van der Waals surface area contributed by atoms with E-state index in [4.69, 9.17) is 27.9 Å². The average molecular weight is 510 g/mol. The maximum absolute atomic E-state index is 12.9. The molecule has 35 heavy (non-hydrogen) atoms. The summed E-state index contributed by atoms with van der Waals surface area (Å²) in [5.74, 6) is 0.714. The SMILES string of the molecule is CC1CN(C(=O)c2ccc(-c3n[nH]c4ccc(OC(C)c5c(Cl)cncc5Cl)cc34)cc2)CCN1. The zero-order valence-corrected chi connectivity index (χ0v) is 20.9. The highest BCUT2D eigenvalue weighted by molar-refractivity contribution is 6.35. The molecule has 1 saturated heterocycles. The monoisotopic (exact) mass is 509 g/mol. The van der Waals surface area contributed by atoms with Crippen molar-refractivity contribution in [1.29, 1.82) is 0 Å². The highest BCUT2D eigenvalue weighted by Gasteiger charge is 2.22. The number of nitrogens with one attached hydrogen (secondary N) is 2. The average Bonchev–Trinajstić information content (AvgIpc) is 3.27. The molecular weight excluding hydrogens is 485 g/mol. The number of aromatic nitrogens is 3. The topological polar surface area (TPSA) is 83.1 Å². The minimum Gasteiger partial charge on any atom is -0.486 e. The van der Waals surface area contributed by atoms with Crippen LogP contribution in [0, 0.1) is 0 Å². The van der Waals surface area contributed by atoms with Gasteiger partial charge in [0.1, 0.15) is 17.5 Å². The molecule has 2 unspecified atom stereocenters. The third kappa shape index (κ3) is 4.85. The number of ether oxygens (including phenoxy) is 1. The summed E-state index contributed by atoms with van der Waals surface area (Å²) < 4.78 is 6.16. The van der Waals surface area contributed by atoms with E-state index in [1.54, 1.807) is 12.4 Å². The molecule has 7 nitrogen and oxygen atoms in total. The number of carbonyl (C=O) groups excluding carboxylic acids is 1. The van der Waals surface area contributed by atoms with E-state index in [2.05, 4.69) is 27.4 Å². The van der Waals surface area contributed by atoms with Gasteiger partial charge in [-0.3, -0.25) is 14.9 Å². The molecule has 5 rings (SSSR count). The Labute approximate surface area is 213 Å². The molecule has 3 heterocycles. The van der Waals surface area contributed by atoms with Gasteiger partial charge in [0.15, 0.2) is 0 Å². The van der Waals surface area contributed by atoms with Gasteiger partial charge in [-0.25, -0.2) is 0 Å². The molecule has 2 N–H and O–H groups in total. The highest BCUT2D eigenvalue weighted by atomic mass is 35.5. The van der Waals surface area contributed by atoms with Crippen molar-refractivity contribution in [2.75, 3.05) is 19.6 Å². The van der Waals surface area contributed by atoms with Crippen molar-refractivity contribution in [2.45, 2.75) is 26.0 Å². The third-order valence-electron chi connectivity index (χ3n) is 6.21.